The van der Waals surface area contributed by atoms with Crippen LogP contribution in [0.2, 0.25) is 5.02 Å². The second-order valence-corrected chi connectivity index (χ2v) is 7.24. The summed E-state index contributed by atoms with van der Waals surface area (Å²) in [4.78, 5) is 12.6. The highest BCUT2D eigenvalue weighted by molar-refractivity contribution is 6.30. The fraction of sp³-hybridized carbons (Fsp3) is 0.238. The predicted octanol–water partition coefficient (Wildman–Crippen LogP) is 4.44. The minimum absolute atomic E-state index is 0.140. The second-order valence-electron chi connectivity index (χ2n) is 6.80. The Kier molecular flexibility index (Phi) is 5.15. The van der Waals surface area contributed by atoms with Crippen molar-refractivity contribution in [3.63, 3.8) is 0 Å². The van der Waals surface area contributed by atoms with Crippen molar-refractivity contribution in [2.75, 3.05) is 0 Å². The summed E-state index contributed by atoms with van der Waals surface area (Å²) in [6, 6.07) is 15.1. The number of fused-ring (bicyclic) bond motifs is 1. The summed E-state index contributed by atoms with van der Waals surface area (Å²) in [5, 5.41) is 8.02. The van der Waals surface area contributed by atoms with Crippen LogP contribution < -0.4 is 5.32 Å². The largest absolute Gasteiger partial charge is 0.365 e. The second kappa shape index (κ2) is 7.73. The number of ether oxygens (including phenoxy) is 1. The Morgan fingerprint density at radius 2 is 1.96 bits per heavy atom. The summed E-state index contributed by atoms with van der Waals surface area (Å²) in [6.45, 7) is 2.75. The lowest BCUT2D eigenvalue weighted by molar-refractivity contribution is -0.00119. The molecule has 144 valence electrons. The molecule has 1 amide bonds. The van der Waals surface area contributed by atoms with Gasteiger partial charge in [-0.2, -0.15) is 5.10 Å². The van der Waals surface area contributed by atoms with Crippen molar-refractivity contribution in [1.82, 2.24) is 15.1 Å². The summed E-state index contributed by atoms with van der Waals surface area (Å²) >= 11 is 5.94. The quantitative estimate of drug-likeness (QED) is 0.705. The van der Waals surface area contributed by atoms with Gasteiger partial charge in [-0.15, -0.1) is 0 Å². The van der Waals surface area contributed by atoms with Crippen LogP contribution in [0, 0.1) is 5.82 Å². The highest BCUT2D eigenvalue weighted by Crippen LogP contribution is 2.27. The molecule has 28 heavy (non-hydrogen) atoms. The molecule has 1 aromatic heterocycles. The molecule has 0 bridgehead atoms. The normalized spacial score (nSPS) is 17.0. The first-order chi connectivity index (χ1) is 13.5. The highest BCUT2D eigenvalue weighted by atomic mass is 35.5. The molecule has 0 spiro atoms. The van der Waals surface area contributed by atoms with E-state index in [1.165, 1.54) is 12.1 Å². The van der Waals surface area contributed by atoms with Gasteiger partial charge >= 0.3 is 0 Å². The number of hydrogen-bond donors (Lipinski definition) is 1. The van der Waals surface area contributed by atoms with Gasteiger partial charge in [-0.1, -0.05) is 35.9 Å². The molecule has 0 aliphatic carbocycles. The van der Waals surface area contributed by atoms with Crippen LogP contribution in [0.1, 0.15) is 46.4 Å². The molecule has 2 atom stereocenters. The number of carbonyl (C=O) groups excluding carboxylic acids is 1. The Bertz CT molecular complexity index is 986. The van der Waals surface area contributed by atoms with Gasteiger partial charge in [0.05, 0.1) is 24.9 Å². The van der Waals surface area contributed by atoms with Gasteiger partial charge < -0.3 is 10.1 Å². The summed E-state index contributed by atoms with van der Waals surface area (Å²) in [7, 11) is 0. The standard InChI is InChI=1S/C21H19ClFN3O2/c1-13(14-4-8-17(23)9-5-14)24-21(27)19-10-18-12-28-20(11-26(18)25-19)15-2-6-16(22)7-3-15/h2-10,13,20H,11-12H2,1H3,(H,24,27)/t13-,20+/m1/s1. The Morgan fingerprint density at radius 1 is 1.25 bits per heavy atom. The third kappa shape index (κ3) is 3.93. The zero-order valence-corrected chi connectivity index (χ0v) is 16.0. The number of hydrogen-bond acceptors (Lipinski definition) is 3. The van der Waals surface area contributed by atoms with Crippen molar-refractivity contribution in [2.45, 2.75) is 32.2 Å². The number of benzene rings is 2. The monoisotopic (exact) mass is 399 g/mol. The van der Waals surface area contributed by atoms with Crippen molar-refractivity contribution < 1.29 is 13.9 Å². The third-order valence-electron chi connectivity index (χ3n) is 4.83. The van der Waals surface area contributed by atoms with Crippen molar-refractivity contribution >= 4 is 17.5 Å². The van der Waals surface area contributed by atoms with Gasteiger partial charge in [0.25, 0.3) is 5.91 Å². The van der Waals surface area contributed by atoms with E-state index in [4.69, 9.17) is 16.3 Å². The lowest BCUT2D eigenvalue weighted by Gasteiger charge is -2.24. The lowest BCUT2D eigenvalue weighted by Crippen LogP contribution is -2.27. The van der Waals surface area contributed by atoms with E-state index in [2.05, 4.69) is 10.4 Å². The van der Waals surface area contributed by atoms with Gasteiger partial charge in [0.2, 0.25) is 0 Å². The number of nitrogens with zero attached hydrogens (tertiary/aromatic N) is 2. The van der Waals surface area contributed by atoms with Crippen LogP contribution in [0.5, 0.6) is 0 Å². The van der Waals surface area contributed by atoms with Crippen molar-refractivity contribution in [3.05, 3.63) is 88.0 Å². The zero-order valence-electron chi connectivity index (χ0n) is 15.2. The minimum atomic E-state index is -0.306. The first-order valence-electron chi connectivity index (χ1n) is 9.00. The van der Waals surface area contributed by atoms with Crippen LogP contribution >= 0.6 is 11.6 Å². The molecule has 2 aromatic carbocycles. The molecule has 0 fully saturated rings. The fourth-order valence-corrected chi connectivity index (χ4v) is 3.35. The average molecular weight is 400 g/mol. The van der Waals surface area contributed by atoms with Gasteiger partial charge in [0.15, 0.2) is 5.69 Å². The number of amides is 1. The molecular weight excluding hydrogens is 381 g/mol. The van der Waals surface area contributed by atoms with Crippen LogP contribution in [-0.4, -0.2) is 15.7 Å². The molecule has 3 aromatic rings. The maximum absolute atomic E-state index is 13.1. The van der Waals surface area contributed by atoms with E-state index < -0.39 is 0 Å². The van der Waals surface area contributed by atoms with Crippen LogP contribution in [0.15, 0.2) is 54.6 Å². The Morgan fingerprint density at radius 3 is 2.68 bits per heavy atom. The highest BCUT2D eigenvalue weighted by Gasteiger charge is 2.24. The Hall–Kier alpha value is -2.70. The predicted molar refractivity (Wildman–Crippen MR) is 103 cm³/mol. The molecule has 0 radical (unpaired) electrons. The fourth-order valence-electron chi connectivity index (χ4n) is 3.22. The average Bonchev–Trinajstić information content (AvgIpc) is 3.12. The van der Waals surface area contributed by atoms with Crippen LogP contribution in [0.25, 0.3) is 0 Å². The first kappa shape index (κ1) is 18.7. The molecule has 7 heteroatoms. The molecular formula is C21H19ClFN3O2. The Labute approximate surface area is 167 Å². The van der Waals surface area contributed by atoms with Crippen LogP contribution in [-0.2, 0) is 17.9 Å². The Balaban J connectivity index is 1.45. The van der Waals surface area contributed by atoms with E-state index in [9.17, 15) is 9.18 Å². The molecule has 1 N–H and O–H groups in total. The summed E-state index contributed by atoms with van der Waals surface area (Å²) in [5.74, 6) is -0.582. The number of halogens is 2. The molecule has 5 nitrogen and oxygen atoms in total. The van der Waals surface area contributed by atoms with Crippen molar-refractivity contribution in [1.29, 1.82) is 0 Å². The van der Waals surface area contributed by atoms with E-state index in [0.717, 1.165) is 16.8 Å². The molecule has 0 saturated heterocycles. The molecule has 1 aliphatic heterocycles. The van der Waals surface area contributed by atoms with E-state index in [1.54, 1.807) is 22.9 Å². The van der Waals surface area contributed by atoms with E-state index in [-0.39, 0.29) is 23.9 Å². The van der Waals surface area contributed by atoms with Gasteiger partial charge in [0, 0.05) is 5.02 Å². The number of carbonyl (C=O) groups is 1. The van der Waals surface area contributed by atoms with Gasteiger partial charge in [-0.25, -0.2) is 4.39 Å². The van der Waals surface area contributed by atoms with Gasteiger partial charge in [-0.05, 0) is 48.4 Å². The summed E-state index contributed by atoms with van der Waals surface area (Å²) in [5.41, 5.74) is 3.03. The first-order valence-corrected chi connectivity index (χ1v) is 9.37. The lowest BCUT2D eigenvalue weighted by atomic mass is 10.1. The maximum atomic E-state index is 13.1. The molecule has 4 rings (SSSR count). The minimum Gasteiger partial charge on any atom is -0.365 e. The van der Waals surface area contributed by atoms with Crippen LogP contribution in [0.4, 0.5) is 4.39 Å². The van der Waals surface area contributed by atoms with Crippen LogP contribution in [0.3, 0.4) is 0 Å². The van der Waals surface area contributed by atoms with E-state index in [1.807, 2.05) is 31.2 Å². The third-order valence-corrected chi connectivity index (χ3v) is 5.08. The summed E-state index contributed by atoms with van der Waals surface area (Å²) < 4.78 is 20.8. The summed E-state index contributed by atoms with van der Waals surface area (Å²) in [6.07, 6.45) is -0.140. The van der Waals surface area contributed by atoms with Gasteiger partial charge in [-0.3, -0.25) is 9.48 Å². The molecule has 2 heterocycles. The van der Waals surface area contributed by atoms with E-state index in [0.29, 0.717) is 23.9 Å². The topological polar surface area (TPSA) is 56.2 Å². The molecule has 0 saturated carbocycles. The van der Waals surface area contributed by atoms with Gasteiger partial charge in [0.1, 0.15) is 11.9 Å². The molecule has 0 unspecified atom stereocenters. The van der Waals surface area contributed by atoms with Crippen molar-refractivity contribution in [3.8, 4) is 0 Å². The number of nitrogens with one attached hydrogen (secondary N) is 1. The maximum Gasteiger partial charge on any atom is 0.272 e. The van der Waals surface area contributed by atoms with Crippen molar-refractivity contribution in [2.24, 2.45) is 0 Å². The SMILES string of the molecule is C[C@@H](NC(=O)c1cc2n(n1)C[C@@H](c1ccc(Cl)cc1)OC2)c1ccc(F)cc1. The van der Waals surface area contributed by atoms with E-state index >= 15 is 0 Å². The molecule has 1 aliphatic rings. The zero-order chi connectivity index (χ0) is 19.7. The number of aromatic nitrogens is 2. The smallest absolute Gasteiger partial charge is 0.272 e. The number of rotatable bonds is 4.